The fraction of sp³-hybridized carbons (Fsp3) is 0.667. The normalized spacial score (nSPS) is 20.8. The molecule has 0 amide bonds. The van der Waals surface area contributed by atoms with E-state index in [0.29, 0.717) is 19.3 Å². The van der Waals surface area contributed by atoms with Crippen LogP contribution in [0.25, 0.3) is 0 Å². The van der Waals surface area contributed by atoms with Crippen LogP contribution < -0.4 is 0 Å². The Labute approximate surface area is 119 Å². The molecule has 1 aliphatic rings. The van der Waals surface area contributed by atoms with Crippen LogP contribution in [0.5, 0.6) is 0 Å². The Morgan fingerprint density at radius 2 is 2.00 bits per heavy atom. The number of nitrogens with zero attached hydrogens (tertiary/aromatic N) is 1. The lowest BCUT2D eigenvalue weighted by Gasteiger charge is -2.28. The van der Waals surface area contributed by atoms with E-state index in [9.17, 15) is 14.7 Å². The van der Waals surface area contributed by atoms with Crippen LogP contribution >= 0.6 is 0 Å². The minimum Gasteiger partial charge on any atom is -0.511 e. The van der Waals surface area contributed by atoms with Gasteiger partial charge in [0, 0.05) is 19.1 Å². The van der Waals surface area contributed by atoms with Gasteiger partial charge in [0.25, 0.3) is 0 Å². The van der Waals surface area contributed by atoms with Gasteiger partial charge < -0.3 is 10.2 Å². The number of carboxylic acids is 1. The first-order chi connectivity index (χ1) is 9.12. The van der Waals surface area contributed by atoms with Crippen molar-refractivity contribution in [2.45, 2.75) is 53.0 Å². The van der Waals surface area contributed by atoms with Gasteiger partial charge in [-0.15, -0.1) is 0 Å². The molecule has 0 aliphatic heterocycles. The summed E-state index contributed by atoms with van der Waals surface area (Å²) in [6.07, 6.45) is 2.37. The molecule has 1 rings (SSSR count). The van der Waals surface area contributed by atoms with Crippen molar-refractivity contribution in [2.24, 2.45) is 16.3 Å². The highest BCUT2D eigenvalue weighted by atomic mass is 16.4. The van der Waals surface area contributed by atoms with Crippen molar-refractivity contribution in [2.75, 3.05) is 0 Å². The fourth-order valence-corrected chi connectivity index (χ4v) is 2.28. The number of aliphatic carboxylic acids is 1. The number of aliphatic hydroxyl groups excluding tert-OH is 1. The standard InChI is InChI=1S/C15H23NO4/c1-9(2)5-11(14(19)20)16-8-10-12(17)6-15(3,4)7-13(10)18/h8-9,11,17H,5-7H2,1-4H3,(H,19,20)/t11-/m1/s1. The summed E-state index contributed by atoms with van der Waals surface area (Å²) in [4.78, 5) is 27.0. The molecule has 0 heterocycles. The van der Waals surface area contributed by atoms with Crippen LogP contribution in [0.3, 0.4) is 0 Å². The molecule has 0 unspecified atom stereocenters. The molecule has 0 fully saturated rings. The SMILES string of the molecule is CC(C)C[C@@H](N=CC1=C(O)CC(C)(C)CC1=O)C(=O)O. The molecule has 0 aromatic carbocycles. The zero-order valence-corrected chi connectivity index (χ0v) is 12.5. The Morgan fingerprint density at radius 1 is 1.40 bits per heavy atom. The van der Waals surface area contributed by atoms with E-state index in [1.165, 1.54) is 6.21 Å². The molecule has 0 saturated heterocycles. The lowest BCUT2D eigenvalue weighted by molar-refractivity contribution is -0.138. The molecule has 112 valence electrons. The van der Waals surface area contributed by atoms with E-state index in [1.807, 2.05) is 27.7 Å². The first-order valence-corrected chi connectivity index (χ1v) is 6.83. The summed E-state index contributed by atoms with van der Waals surface area (Å²) in [6.45, 7) is 7.65. The Hall–Kier alpha value is -1.65. The van der Waals surface area contributed by atoms with Gasteiger partial charge in [-0.25, -0.2) is 4.79 Å². The number of hydrogen-bond acceptors (Lipinski definition) is 4. The third-order valence-corrected chi connectivity index (χ3v) is 3.26. The first-order valence-electron chi connectivity index (χ1n) is 6.83. The van der Waals surface area contributed by atoms with Gasteiger partial charge in [-0.1, -0.05) is 27.7 Å². The number of rotatable bonds is 5. The van der Waals surface area contributed by atoms with Crippen LogP contribution in [-0.4, -0.2) is 34.2 Å². The predicted molar refractivity (Wildman–Crippen MR) is 77.0 cm³/mol. The quantitative estimate of drug-likeness (QED) is 0.758. The van der Waals surface area contributed by atoms with Crippen molar-refractivity contribution >= 4 is 18.0 Å². The zero-order valence-electron chi connectivity index (χ0n) is 12.5. The second kappa shape index (κ2) is 6.20. The van der Waals surface area contributed by atoms with Gasteiger partial charge in [0.15, 0.2) is 5.78 Å². The Morgan fingerprint density at radius 3 is 2.45 bits per heavy atom. The second-order valence-electron chi connectivity index (χ2n) is 6.56. The molecule has 0 aromatic heterocycles. The van der Waals surface area contributed by atoms with Crippen LogP contribution in [0, 0.1) is 11.3 Å². The molecule has 2 N–H and O–H groups in total. The predicted octanol–water partition coefficient (Wildman–Crippen LogP) is 2.76. The van der Waals surface area contributed by atoms with Crippen LogP contribution in [0.15, 0.2) is 16.3 Å². The van der Waals surface area contributed by atoms with E-state index in [1.54, 1.807) is 0 Å². The highest BCUT2D eigenvalue weighted by Gasteiger charge is 2.32. The summed E-state index contributed by atoms with van der Waals surface area (Å²) in [7, 11) is 0. The molecule has 1 atom stereocenters. The van der Waals surface area contributed by atoms with Gasteiger partial charge in [-0.05, 0) is 17.8 Å². The molecule has 0 radical (unpaired) electrons. The van der Waals surface area contributed by atoms with Gasteiger partial charge >= 0.3 is 5.97 Å². The number of carbonyl (C=O) groups is 2. The summed E-state index contributed by atoms with van der Waals surface area (Å²) < 4.78 is 0. The first kappa shape index (κ1) is 16.4. The van der Waals surface area contributed by atoms with Crippen molar-refractivity contribution < 1.29 is 19.8 Å². The maximum atomic E-state index is 12.0. The van der Waals surface area contributed by atoms with Crippen molar-refractivity contribution in [3.8, 4) is 0 Å². The third kappa shape index (κ3) is 4.47. The Bertz CT molecular complexity index is 460. The molecule has 0 aromatic rings. The molecular weight excluding hydrogens is 258 g/mol. The van der Waals surface area contributed by atoms with Gasteiger partial charge in [0.2, 0.25) is 0 Å². The molecule has 0 bridgehead atoms. The monoisotopic (exact) mass is 281 g/mol. The van der Waals surface area contributed by atoms with Gasteiger partial charge in [0.05, 0.1) is 5.57 Å². The highest BCUT2D eigenvalue weighted by molar-refractivity contribution is 6.14. The van der Waals surface area contributed by atoms with Gasteiger partial charge in [-0.2, -0.15) is 0 Å². The largest absolute Gasteiger partial charge is 0.511 e. The summed E-state index contributed by atoms with van der Waals surface area (Å²) in [5.74, 6) is -1.00. The molecule has 20 heavy (non-hydrogen) atoms. The smallest absolute Gasteiger partial charge is 0.328 e. The van der Waals surface area contributed by atoms with Crippen molar-refractivity contribution in [1.29, 1.82) is 0 Å². The molecule has 5 heteroatoms. The molecule has 0 spiro atoms. The minimum atomic E-state index is -1.02. The molecule has 0 saturated carbocycles. The van der Waals surface area contributed by atoms with E-state index in [0.717, 1.165) is 0 Å². The fourth-order valence-electron chi connectivity index (χ4n) is 2.28. The average molecular weight is 281 g/mol. The van der Waals surface area contributed by atoms with E-state index in [4.69, 9.17) is 5.11 Å². The lowest BCUT2D eigenvalue weighted by atomic mass is 9.77. The number of carboxylic acid groups (broad SMARTS) is 1. The molecular formula is C15H23NO4. The number of aliphatic imine (C=N–C) groups is 1. The Balaban J connectivity index is 2.92. The van der Waals surface area contributed by atoms with E-state index < -0.39 is 12.0 Å². The number of Topliss-reactive ketones (excluding diaryl/α,β-unsaturated/α-hetero) is 1. The van der Waals surface area contributed by atoms with E-state index >= 15 is 0 Å². The van der Waals surface area contributed by atoms with Crippen LogP contribution in [0.1, 0.15) is 47.0 Å². The number of allylic oxidation sites excluding steroid dienone is 2. The highest BCUT2D eigenvalue weighted by Crippen LogP contribution is 2.35. The number of ketones is 1. The van der Waals surface area contributed by atoms with Crippen LogP contribution in [-0.2, 0) is 9.59 Å². The maximum absolute atomic E-state index is 12.0. The number of carbonyl (C=O) groups excluding carboxylic acids is 1. The molecule has 1 aliphatic carbocycles. The van der Waals surface area contributed by atoms with Crippen molar-refractivity contribution in [3.63, 3.8) is 0 Å². The van der Waals surface area contributed by atoms with Gasteiger partial charge in [-0.3, -0.25) is 9.79 Å². The molecule has 5 nitrogen and oxygen atoms in total. The lowest BCUT2D eigenvalue weighted by Crippen LogP contribution is -2.27. The van der Waals surface area contributed by atoms with Crippen molar-refractivity contribution in [1.82, 2.24) is 0 Å². The second-order valence-corrected chi connectivity index (χ2v) is 6.56. The topological polar surface area (TPSA) is 87.0 Å². The number of aliphatic hydroxyl groups is 1. The van der Waals surface area contributed by atoms with E-state index in [2.05, 4.69) is 4.99 Å². The van der Waals surface area contributed by atoms with Gasteiger partial charge in [0.1, 0.15) is 11.8 Å². The van der Waals surface area contributed by atoms with Crippen LogP contribution in [0.4, 0.5) is 0 Å². The van der Waals surface area contributed by atoms with E-state index in [-0.39, 0.29) is 28.4 Å². The summed E-state index contributed by atoms with van der Waals surface area (Å²) in [6, 6.07) is -0.877. The third-order valence-electron chi connectivity index (χ3n) is 3.26. The maximum Gasteiger partial charge on any atom is 0.328 e. The summed E-state index contributed by atoms with van der Waals surface area (Å²) >= 11 is 0. The Kier molecular flexibility index (Phi) is 5.09. The van der Waals surface area contributed by atoms with Crippen LogP contribution in [0.2, 0.25) is 0 Å². The zero-order chi connectivity index (χ0) is 15.5. The summed E-state index contributed by atoms with van der Waals surface area (Å²) in [5, 5.41) is 19.0. The average Bonchev–Trinajstić information content (AvgIpc) is 2.23. The minimum absolute atomic E-state index is 0.00341. The summed E-state index contributed by atoms with van der Waals surface area (Å²) in [5.41, 5.74) is -0.109. The van der Waals surface area contributed by atoms with Crippen molar-refractivity contribution in [3.05, 3.63) is 11.3 Å². The number of hydrogen-bond donors (Lipinski definition) is 2.